The molecule has 1 aromatic rings. The molecule has 0 spiro atoms. The molecule has 108 valence electrons. The SMILES string of the molecule is CCN[C@H](C)CNC(=O)Cc1ccc(OC)cc1.Cl. The maximum atomic E-state index is 11.7. The topological polar surface area (TPSA) is 50.4 Å². The highest BCUT2D eigenvalue weighted by Crippen LogP contribution is 2.11. The van der Waals surface area contributed by atoms with Crippen LogP contribution in [0.4, 0.5) is 0 Å². The van der Waals surface area contributed by atoms with E-state index in [1.807, 2.05) is 24.3 Å². The first-order valence-electron chi connectivity index (χ1n) is 6.28. The van der Waals surface area contributed by atoms with Gasteiger partial charge in [-0.2, -0.15) is 0 Å². The predicted octanol–water partition coefficient (Wildman–Crippen LogP) is 1.77. The van der Waals surface area contributed by atoms with Crippen LogP contribution in [0.1, 0.15) is 19.4 Å². The zero-order valence-corrected chi connectivity index (χ0v) is 12.5. The van der Waals surface area contributed by atoms with Crippen molar-refractivity contribution in [3.63, 3.8) is 0 Å². The van der Waals surface area contributed by atoms with Gasteiger partial charge in [0.15, 0.2) is 0 Å². The van der Waals surface area contributed by atoms with Crippen molar-refractivity contribution < 1.29 is 9.53 Å². The molecule has 2 N–H and O–H groups in total. The Morgan fingerprint density at radius 3 is 2.47 bits per heavy atom. The number of benzene rings is 1. The third-order valence-corrected chi connectivity index (χ3v) is 2.68. The molecule has 0 aromatic heterocycles. The molecule has 0 heterocycles. The lowest BCUT2D eigenvalue weighted by Gasteiger charge is -2.13. The summed E-state index contributed by atoms with van der Waals surface area (Å²) in [6.07, 6.45) is 0.406. The number of rotatable bonds is 7. The number of amides is 1. The van der Waals surface area contributed by atoms with E-state index in [0.29, 0.717) is 19.0 Å². The highest BCUT2D eigenvalue weighted by molar-refractivity contribution is 5.85. The molecule has 0 radical (unpaired) electrons. The van der Waals surface area contributed by atoms with Crippen molar-refractivity contribution in [3.05, 3.63) is 29.8 Å². The highest BCUT2D eigenvalue weighted by Gasteiger charge is 2.05. The number of carbonyl (C=O) groups is 1. The number of nitrogens with one attached hydrogen (secondary N) is 2. The largest absolute Gasteiger partial charge is 0.497 e. The zero-order chi connectivity index (χ0) is 13.4. The van der Waals surface area contributed by atoms with Gasteiger partial charge in [-0.15, -0.1) is 12.4 Å². The van der Waals surface area contributed by atoms with Crippen molar-refractivity contribution in [1.29, 1.82) is 0 Å². The van der Waals surface area contributed by atoms with Gasteiger partial charge >= 0.3 is 0 Å². The molecule has 1 rings (SSSR count). The summed E-state index contributed by atoms with van der Waals surface area (Å²) in [5.74, 6) is 0.852. The Morgan fingerprint density at radius 2 is 1.95 bits per heavy atom. The first-order valence-corrected chi connectivity index (χ1v) is 6.28. The summed E-state index contributed by atoms with van der Waals surface area (Å²) in [6, 6.07) is 7.85. The van der Waals surface area contributed by atoms with Crippen LogP contribution in [0.2, 0.25) is 0 Å². The fourth-order valence-electron chi connectivity index (χ4n) is 1.68. The van der Waals surface area contributed by atoms with Crippen LogP contribution in [-0.2, 0) is 11.2 Å². The van der Waals surface area contributed by atoms with Gasteiger partial charge in [0.2, 0.25) is 5.91 Å². The molecular formula is C14H23ClN2O2. The molecule has 4 nitrogen and oxygen atoms in total. The fraction of sp³-hybridized carbons (Fsp3) is 0.500. The summed E-state index contributed by atoms with van der Waals surface area (Å²) in [5, 5.41) is 6.16. The van der Waals surface area contributed by atoms with Gasteiger partial charge in [0.1, 0.15) is 5.75 Å². The lowest BCUT2D eigenvalue weighted by atomic mass is 10.1. The lowest BCUT2D eigenvalue weighted by Crippen LogP contribution is -2.39. The van der Waals surface area contributed by atoms with Gasteiger partial charge in [-0.05, 0) is 31.2 Å². The average molecular weight is 287 g/mol. The second kappa shape index (κ2) is 9.64. The molecule has 0 aliphatic heterocycles. The van der Waals surface area contributed by atoms with Crippen LogP contribution in [0.15, 0.2) is 24.3 Å². The van der Waals surface area contributed by atoms with E-state index in [-0.39, 0.29) is 18.3 Å². The van der Waals surface area contributed by atoms with Gasteiger partial charge in [-0.1, -0.05) is 19.1 Å². The Labute approximate surface area is 121 Å². The van der Waals surface area contributed by atoms with E-state index in [0.717, 1.165) is 17.9 Å². The summed E-state index contributed by atoms with van der Waals surface area (Å²) in [6.45, 7) is 5.67. The first kappa shape index (κ1) is 17.7. The Morgan fingerprint density at radius 1 is 1.32 bits per heavy atom. The number of methoxy groups -OCH3 is 1. The Balaban J connectivity index is 0.00000324. The van der Waals surface area contributed by atoms with Gasteiger partial charge in [0.05, 0.1) is 13.5 Å². The van der Waals surface area contributed by atoms with Crippen molar-refractivity contribution in [3.8, 4) is 5.75 Å². The first-order chi connectivity index (χ1) is 8.65. The monoisotopic (exact) mass is 286 g/mol. The highest BCUT2D eigenvalue weighted by atomic mass is 35.5. The lowest BCUT2D eigenvalue weighted by molar-refractivity contribution is -0.120. The molecular weight excluding hydrogens is 264 g/mol. The minimum absolute atomic E-state index is 0. The van der Waals surface area contributed by atoms with E-state index in [9.17, 15) is 4.79 Å². The smallest absolute Gasteiger partial charge is 0.224 e. The van der Waals surface area contributed by atoms with Gasteiger partial charge < -0.3 is 15.4 Å². The summed E-state index contributed by atoms with van der Waals surface area (Å²) in [5.41, 5.74) is 0.990. The molecule has 0 aliphatic rings. The van der Waals surface area contributed by atoms with Crippen LogP contribution in [-0.4, -0.2) is 32.1 Å². The number of likely N-dealkylation sites (N-methyl/N-ethyl adjacent to an activating group) is 1. The van der Waals surface area contributed by atoms with Crippen molar-refractivity contribution in [2.75, 3.05) is 20.2 Å². The molecule has 0 unspecified atom stereocenters. The van der Waals surface area contributed by atoms with E-state index in [4.69, 9.17) is 4.74 Å². The van der Waals surface area contributed by atoms with Crippen molar-refractivity contribution >= 4 is 18.3 Å². The van der Waals surface area contributed by atoms with Crippen LogP contribution in [0.5, 0.6) is 5.75 Å². The summed E-state index contributed by atoms with van der Waals surface area (Å²) >= 11 is 0. The minimum atomic E-state index is 0. The number of carbonyl (C=O) groups excluding carboxylic acids is 1. The third kappa shape index (κ3) is 7.03. The van der Waals surface area contributed by atoms with Gasteiger partial charge in [-0.3, -0.25) is 4.79 Å². The summed E-state index contributed by atoms with van der Waals surface area (Å²) in [4.78, 5) is 11.7. The van der Waals surface area contributed by atoms with Crippen LogP contribution in [0.25, 0.3) is 0 Å². The quantitative estimate of drug-likeness (QED) is 0.803. The number of hydrogen-bond acceptors (Lipinski definition) is 3. The molecule has 0 bridgehead atoms. The molecule has 0 saturated carbocycles. The standard InChI is InChI=1S/C14H22N2O2.ClH/c1-4-15-11(2)10-16-14(17)9-12-5-7-13(18-3)8-6-12;/h5-8,11,15H,4,9-10H2,1-3H3,(H,16,17);1H/t11-;/m1./s1. The maximum Gasteiger partial charge on any atom is 0.224 e. The van der Waals surface area contributed by atoms with Gasteiger partial charge in [0, 0.05) is 12.6 Å². The van der Waals surface area contributed by atoms with Crippen molar-refractivity contribution in [2.45, 2.75) is 26.3 Å². The minimum Gasteiger partial charge on any atom is -0.497 e. The van der Waals surface area contributed by atoms with Crippen LogP contribution in [0.3, 0.4) is 0 Å². The zero-order valence-electron chi connectivity index (χ0n) is 11.7. The molecule has 0 aliphatic carbocycles. The molecule has 1 aromatic carbocycles. The molecule has 19 heavy (non-hydrogen) atoms. The maximum absolute atomic E-state index is 11.7. The van der Waals surface area contributed by atoms with Crippen LogP contribution < -0.4 is 15.4 Å². The van der Waals surface area contributed by atoms with E-state index in [2.05, 4.69) is 24.5 Å². The Bertz CT molecular complexity index is 368. The van der Waals surface area contributed by atoms with Crippen LogP contribution in [0, 0.1) is 0 Å². The molecule has 0 saturated heterocycles. The molecule has 0 fully saturated rings. The Hall–Kier alpha value is -1.26. The van der Waals surface area contributed by atoms with Crippen molar-refractivity contribution in [1.82, 2.24) is 10.6 Å². The normalized spacial score (nSPS) is 11.3. The van der Waals surface area contributed by atoms with Gasteiger partial charge in [-0.25, -0.2) is 0 Å². The van der Waals surface area contributed by atoms with Gasteiger partial charge in [0.25, 0.3) is 0 Å². The predicted molar refractivity (Wildman–Crippen MR) is 80.1 cm³/mol. The van der Waals surface area contributed by atoms with E-state index < -0.39 is 0 Å². The van der Waals surface area contributed by atoms with E-state index >= 15 is 0 Å². The number of halogens is 1. The third-order valence-electron chi connectivity index (χ3n) is 2.68. The van der Waals surface area contributed by atoms with E-state index in [1.54, 1.807) is 7.11 Å². The second-order valence-electron chi connectivity index (χ2n) is 4.29. The van der Waals surface area contributed by atoms with Crippen LogP contribution >= 0.6 is 12.4 Å². The fourth-order valence-corrected chi connectivity index (χ4v) is 1.68. The number of ether oxygens (including phenoxy) is 1. The molecule has 1 amide bonds. The summed E-state index contributed by atoms with van der Waals surface area (Å²) in [7, 11) is 1.63. The molecule has 1 atom stereocenters. The number of hydrogen-bond donors (Lipinski definition) is 2. The Kier molecular flexibility index (Phi) is 9.00. The molecule has 5 heteroatoms. The van der Waals surface area contributed by atoms with E-state index in [1.165, 1.54) is 0 Å². The second-order valence-corrected chi connectivity index (χ2v) is 4.29. The average Bonchev–Trinajstić information content (AvgIpc) is 2.38. The summed E-state index contributed by atoms with van der Waals surface area (Å²) < 4.78 is 5.07. The van der Waals surface area contributed by atoms with Crippen molar-refractivity contribution in [2.24, 2.45) is 0 Å².